The van der Waals surface area contributed by atoms with Crippen LogP contribution in [0.15, 0.2) is 11.2 Å². The van der Waals surface area contributed by atoms with Crippen molar-refractivity contribution in [3.05, 3.63) is 16.1 Å². The maximum Gasteiger partial charge on any atom is 0.219 e. The smallest absolute Gasteiger partial charge is 0.219 e. The van der Waals surface area contributed by atoms with Crippen LogP contribution in [0.2, 0.25) is 0 Å². The largest absolute Gasteiger partial charge is 0.351 e. The summed E-state index contributed by atoms with van der Waals surface area (Å²) in [6.07, 6.45) is 1.90. The molecule has 118 valence electrons. The first kappa shape index (κ1) is 18.1. The van der Waals surface area contributed by atoms with Gasteiger partial charge in [0.15, 0.2) is 5.96 Å². The zero-order valence-corrected chi connectivity index (χ0v) is 15.8. The molecule has 0 unspecified atom stereocenters. The fraction of sp³-hybridized carbons (Fsp3) is 0.615. The van der Waals surface area contributed by atoms with Gasteiger partial charge in [-0.15, -0.1) is 35.3 Å². The van der Waals surface area contributed by atoms with Crippen LogP contribution in [0.3, 0.4) is 0 Å². The predicted molar refractivity (Wildman–Crippen MR) is 96.3 cm³/mol. The van der Waals surface area contributed by atoms with E-state index in [1.54, 1.807) is 25.3 Å². The molecule has 8 heteroatoms. The van der Waals surface area contributed by atoms with Crippen LogP contribution < -0.4 is 5.32 Å². The minimum absolute atomic E-state index is 0. The highest BCUT2D eigenvalue weighted by atomic mass is 127. The van der Waals surface area contributed by atoms with Gasteiger partial charge in [0.25, 0.3) is 0 Å². The van der Waals surface area contributed by atoms with Crippen molar-refractivity contribution in [3.63, 3.8) is 0 Å². The summed E-state index contributed by atoms with van der Waals surface area (Å²) in [6, 6.07) is 0. The van der Waals surface area contributed by atoms with E-state index in [1.165, 1.54) is 4.88 Å². The summed E-state index contributed by atoms with van der Waals surface area (Å²) in [5.74, 6) is 1.03. The number of nitrogens with zero attached hydrogens (tertiary/aromatic N) is 4. The number of thiazole rings is 1. The van der Waals surface area contributed by atoms with Crippen molar-refractivity contribution < 1.29 is 4.79 Å². The van der Waals surface area contributed by atoms with Crippen molar-refractivity contribution in [1.82, 2.24) is 20.1 Å². The van der Waals surface area contributed by atoms with Crippen LogP contribution in [-0.2, 0) is 11.3 Å². The van der Waals surface area contributed by atoms with E-state index < -0.39 is 0 Å². The molecule has 1 aromatic heterocycles. The highest BCUT2D eigenvalue weighted by Gasteiger charge is 2.20. The Balaban J connectivity index is 0.00000220. The molecule has 0 spiro atoms. The molecule has 1 N–H and O–H groups in total. The zero-order valence-electron chi connectivity index (χ0n) is 12.6. The van der Waals surface area contributed by atoms with Gasteiger partial charge in [0.1, 0.15) is 0 Å². The molecule has 0 radical (unpaired) electrons. The normalized spacial score (nSPS) is 15.7. The number of aryl methyl sites for hydroxylation is 1. The second-order valence-electron chi connectivity index (χ2n) is 4.74. The number of guanidine groups is 1. The van der Waals surface area contributed by atoms with Gasteiger partial charge in [-0.2, -0.15) is 0 Å². The quantitative estimate of drug-likeness (QED) is 0.443. The molecule has 21 heavy (non-hydrogen) atoms. The molecule has 0 saturated carbocycles. The monoisotopic (exact) mass is 423 g/mol. The lowest BCUT2D eigenvalue weighted by Gasteiger charge is -2.36. The molecule has 1 saturated heterocycles. The van der Waals surface area contributed by atoms with E-state index in [9.17, 15) is 4.79 Å². The molecule has 0 bridgehead atoms. The summed E-state index contributed by atoms with van der Waals surface area (Å²) in [4.78, 5) is 25.1. The Morgan fingerprint density at radius 1 is 1.38 bits per heavy atom. The van der Waals surface area contributed by atoms with Crippen LogP contribution in [-0.4, -0.2) is 59.9 Å². The minimum atomic E-state index is 0. The summed E-state index contributed by atoms with van der Waals surface area (Å²) in [5, 5.41) is 4.43. The van der Waals surface area contributed by atoms with E-state index in [1.807, 2.05) is 18.0 Å². The van der Waals surface area contributed by atoms with E-state index in [2.05, 4.69) is 20.2 Å². The molecule has 0 aromatic carbocycles. The number of halogens is 1. The van der Waals surface area contributed by atoms with Gasteiger partial charge in [-0.1, -0.05) is 0 Å². The Bertz CT molecular complexity index is 497. The summed E-state index contributed by atoms with van der Waals surface area (Å²) in [7, 11) is 1.79. The first-order chi connectivity index (χ1) is 9.60. The molecule has 2 rings (SSSR count). The van der Waals surface area contributed by atoms with Gasteiger partial charge in [-0.25, -0.2) is 4.98 Å². The SMILES string of the molecule is CN=C(NCc1cnc(C)s1)N1CCN(C(C)=O)CC1.I. The lowest BCUT2D eigenvalue weighted by Crippen LogP contribution is -2.53. The molecule has 1 amide bonds. The zero-order chi connectivity index (χ0) is 14.5. The van der Waals surface area contributed by atoms with Crippen LogP contribution in [0.25, 0.3) is 0 Å². The Morgan fingerprint density at radius 3 is 2.48 bits per heavy atom. The molecule has 1 aliphatic heterocycles. The average Bonchev–Trinajstić information content (AvgIpc) is 2.86. The Hall–Kier alpha value is -0.900. The summed E-state index contributed by atoms with van der Waals surface area (Å²) < 4.78 is 0. The number of hydrogen-bond acceptors (Lipinski definition) is 4. The topological polar surface area (TPSA) is 60.8 Å². The average molecular weight is 423 g/mol. The third-order valence-electron chi connectivity index (χ3n) is 3.33. The molecule has 0 atom stereocenters. The predicted octanol–water partition coefficient (Wildman–Crippen LogP) is 1.31. The van der Waals surface area contributed by atoms with Crippen LogP contribution >= 0.6 is 35.3 Å². The number of nitrogens with one attached hydrogen (secondary N) is 1. The maximum atomic E-state index is 11.3. The van der Waals surface area contributed by atoms with Crippen LogP contribution in [0.4, 0.5) is 0 Å². The van der Waals surface area contributed by atoms with Gasteiger partial charge in [-0.05, 0) is 6.92 Å². The molecule has 1 aliphatic rings. The number of hydrogen-bond donors (Lipinski definition) is 1. The lowest BCUT2D eigenvalue weighted by molar-refractivity contribution is -0.130. The standard InChI is InChI=1S/C13H21N5OS.HI/c1-10-15-8-12(20-10)9-16-13(14-3)18-6-4-17(5-7-18)11(2)19;/h8H,4-7,9H2,1-3H3,(H,14,16);1H. The number of carbonyl (C=O) groups is 1. The second-order valence-corrected chi connectivity index (χ2v) is 6.06. The van der Waals surface area contributed by atoms with Gasteiger partial charge in [0.05, 0.1) is 11.6 Å². The van der Waals surface area contributed by atoms with Crippen molar-refractivity contribution >= 4 is 47.2 Å². The van der Waals surface area contributed by atoms with E-state index in [0.29, 0.717) is 0 Å². The van der Waals surface area contributed by atoms with Gasteiger partial charge in [-0.3, -0.25) is 9.79 Å². The van der Waals surface area contributed by atoms with E-state index in [4.69, 9.17) is 0 Å². The van der Waals surface area contributed by atoms with Gasteiger partial charge < -0.3 is 15.1 Å². The molecule has 1 fully saturated rings. The Morgan fingerprint density at radius 2 is 2.00 bits per heavy atom. The first-order valence-corrected chi connectivity index (χ1v) is 7.54. The van der Waals surface area contributed by atoms with E-state index in [0.717, 1.165) is 43.7 Å². The van der Waals surface area contributed by atoms with Gasteiger partial charge in [0, 0.05) is 51.2 Å². The van der Waals surface area contributed by atoms with Crippen LogP contribution in [0, 0.1) is 6.92 Å². The Kier molecular flexibility index (Phi) is 7.36. The van der Waals surface area contributed by atoms with Crippen LogP contribution in [0.5, 0.6) is 0 Å². The number of aliphatic imine (C=N–C) groups is 1. The molecular weight excluding hydrogens is 401 g/mol. The third kappa shape index (κ3) is 5.10. The summed E-state index contributed by atoms with van der Waals surface area (Å²) >= 11 is 1.69. The van der Waals surface area contributed by atoms with E-state index in [-0.39, 0.29) is 29.9 Å². The van der Waals surface area contributed by atoms with Crippen LogP contribution in [0.1, 0.15) is 16.8 Å². The van der Waals surface area contributed by atoms with Crippen molar-refractivity contribution in [2.24, 2.45) is 4.99 Å². The van der Waals surface area contributed by atoms with Crippen molar-refractivity contribution in [3.8, 4) is 0 Å². The van der Waals surface area contributed by atoms with Gasteiger partial charge in [0.2, 0.25) is 5.91 Å². The molecular formula is C13H22IN5OS. The van der Waals surface area contributed by atoms with Crippen molar-refractivity contribution in [2.75, 3.05) is 33.2 Å². The fourth-order valence-corrected chi connectivity index (χ4v) is 2.95. The third-order valence-corrected chi connectivity index (χ3v) is 4.24. The maximum absolute atomic E-state index is 11.3. The number of carbonyl (C=O) groups excluding carboxylic acids is 1. The Labute approximate surface area is 146 Å². The number of rotatable bonds is 2. The molecule has 6 nitrogen and oxygen atoms in total. The minimum Gasteiger partial charge on any atom is -0.351 e. The highest BCUT2D eigenvalue weighted by Crippen LogP contribution is 2.11. The van der Waals surface area contributed by atoms with Crippen molar-refractivity contribution in [2.45, 2.75) is 20.4 Å². The molecule has 2 heterocycles. The molecule has 1 aromatic rings. The number of amides is 1. The van der Waals surface area contributed by atoms with Crippen molar-refractivity contribution in [1.29, 1.82) is 0 Å². The first-order valence-electron chi connectivity index (χ1n) is 6.72. The van der Waals surface area contributed by atoms with Gasteiger partial charge >= 0.3 is 0 Å². The number of piperazine rings is 1. The second kappa shape index (κ2) is 8.52. The lowest BCUT2D eigenvalue weighted by atomic mass is 10.3. The summed E-state index contributed by atoms with van der Waals surface area (Å²) in [5.41, 5.74) is 0. The summed E-state index contributed by atoms with van der Waals surface area (Å²) in [6.45, 7) is 7.53. The fourth-order valence-electron chi connectivity index (χ4n) is 2.22. The van der Waals surface area contributed by atoms with E-state index >= 15 is 0 Å². The number of aromatic nitrogens is 1. The molecule has 0 aliphatic carbocycles. The highest BCUT2D eigenvalue weighted by molar-refractivity contribution is 14.0.